The Bertz CT molecular complexity index is 1410. The van der Waals surface area contributed by atoms with E-state index in [1.165, 1.54) is 36.2 Å². The van der Waals surface area contributed by atoms with Gasteiger partial charge < -0.3 is 10.2 Å². The van der Waals surface area contributed by atoms with Gasteiger partial charge in [-0.2, -0.15) is 0 Å². The van der Waals surface area contributed by atoms with Crippen LogP contribution in [0.15, 0.2) is 71.6 Å². The summed E-state index contributed by atoms with van der Waals surface area (Å²) < 4.78 is 28.8. The number of rotatable bonds is 10. The number of carbonyl (C=O) groups is 2. The van der Waals surface area contributed by atoms with E-state index in [2.05, 4.69) is 5.32 Å². The topological polar surface area (TPSA) is 86.8 Å². The second-order valence-electron chi connectivity index (χ2n) is 8.89. The highest BCUT2D eigenvalue weighted by Gasteiger charge is 2.33. The van der Waals surface area contributed by atoms with Crippen LogP contribution in [0.3, 0.4) is 0 Å². The number of hydrogen-bond donors (Lipinski definition) is 1. The molecule has 0 unspecified atom stereocenters. The predicted molar refractivity (Wildman–Crippen MR) is 152 cm³/mol. The van der Waals surface area contributed by atoms with Gasteiger partial charge in [-0.25, -0.2) is 8.42 Å². The lowest BCUT2D eigenvalue weighted by molar-refractivity contribution is -0.140. The minimum absolute atomic E-state index is 0.0103. The number of anilines is 1. The van der Waals surface area contributed by atoms with Crippen LogP contribution in [0.5, 0.6) is 0 Å². The fourth-order valence-corrected chi connectivity index (χ4v) is 5.77. The highest BCUT2D eigenvalue weighted by Crippen LogP contribution is 2.28. The van der Waals surface area contributed by atoms with Crippen molar-refractivity contribution in [2.45, 2.75) is 44.7 Å². The molecule has 0 saturated carbocycles. The summed E-state index contributed by atoms with van der Waals surface area (Å²) in [6.45, 7) is 5.09. The van der Waals surface area contributed by atoms with Crippen molar-refractivity contribution >= 4 is 50.7 Å². The van der Waals surface area contributed by atoms with Crippen LogP contribution in [0.25, 0.3) is 0 Å². The molecule has 0 bridgehead atoms. The minimum Gasteiger partial charge on any atom is -0.357 e. The summed E-state index contributed by atoms with van der Waals surface area (Å²) >= 11 is 12.4. The summed E-state index contributed by atoms with van der Waals surface area (Å²) in [6, 6.07) is 17.2. The Morgan fingerprint density at radius 1 is 0.947 bits per heavy atom. The second kappa shape index (κ2) is 12.7. The van der Waals surface area contributed by atoms with Crippen LogP contribution in [0.1, 0.15) is 30.0 Å². The van der Waals surface area contributed by atoms with Gasteiger partial charge in [0.05, 0.1) is 10.6 Å². The molecule has 1 N–H and O–H groups in total. The molecule has 3 aromatic carbocycles. The lowest BCUT2D eigenvalue weighted by atomic mass is 10.1. The highest BCUT2D eigenvalue weighted by molar-refractivity contribution is 7.92. The summed E-state index contributed by atoms with van der Waals surface area (Å²) in [7, 11) is -2.67. The third-order valence-corrected chi connectivity index (χ3v) is 8.80. The predicted octanol–water partition coefficient (Wildman–Crippen LogP) is 5.36. The van der Waals surface area contributed by atoms with Gasteiger partial charge in [0, 0.05) is 23.6 Å². The first-order valence-corrected chi connectivity index (χ1v) is 14.3. The molecule has 0 radical (unpaired) electrons. The van der Waals surface area contributed by atoms with Gasteiger partial charge in [-0.05, 0) is 79.4 Å². The van der Waals surface area contributed by atoms with Crippen molar-refractivity contribution in [1.82, 2.24) is 10.2 Å². The van der Waals surface area contributed by atoms with E-state index < -0.39 is 28.5 Å². The van der Waals surface area contributed by atoms with Crippen molar-refractivity contribution in [2.75, 3.05) is 17.9 Å². The number of hydrogen-bond acceptors (Lipinski definition) is 4. The first kappa shape index (κ1) is 29.5. The lowest BCUT2D eigenvalue weighted by Gasteiger charge is -2.33. The number of aryl methyl sites for hydroxylation is 2. The molecule has 0 aromatic heterocycles. The van der Waals surface area contributed by atoms with Crippen molar-refractivity contribution < 1.29 is 18.0 Å². The molecular formula is C28H31Cl2N3O4S. The fraction of sp³-hybridized carbons (Fsp3) is 0.286. The standard InChI is InChI=1S/C28H31Cl2N3O4S/c1-5-26(28(35)31-4)32(17-21-8-6-7-9-25(21)30)27(34)18-33(23-13-10-19(2)20(3)16-23)38(36,37)24-14-11-22(29)12-15-24/h6-16,26H,5,17-18H2,1-4H3,(H,31,35)/t26-/m1/s1. The number of nitrogens with one attached hydrogen (secondary N) is 1. The monoisotopic (exact) mass is 575 g/mol. The molecule has 2 amide bonds. The molecule has 0 spiro atoms. The zero-order valence-corrected chi connectivity index (χ0v) is 24.1. The van der Waals surface area contributed by atoms with Crippen LogP contribution >= 0.6 is 23.2 Å². The average Bonchev–Trinajstić information content (AvgIpc) is 2.89. The number of likely N-dealkylation sites (N-methyl/N-ethyl adjacent to an activating group) is 1. The summed E-state index contributed by atoms with van der Waals surface area (Å²) in [6.07, 6.45) is 0.323. The Kier molecular flexibility index (Phi) is 9.82. The van der Waals surface area contributed by atoms with E-state index in [1.807, 2.05) is 13.8 Å². The number of amides is 2. The van der Waals surface area contributed by atoms with Crippen LogP contribution in [0, 0.1) is 13.8 Å². The molecule has 3 aromatic rings. The summed E-state index contributed by atoms with van der Waals surface area (Å²) in [5.41, 5.74) is 2.83. The van der Waals surface area contributed by atoms with E-state index in [4.69, 9.17) is 23.2 Å². The minimum atomic E-state index is -4.17. The van der Waals surface area contributed by atoms with E-state index >= 15 is 0 Å². The Hall–Kier alpha value is -3.07. The molecule has 10 heteroatoms. The highest BCUT2D eigenvalue weighted by atomic mass is 35.5. The first-order chi connectivity index (χ1) is 18.0. The quantitative estimate of drug-likeness (QED) is 0.352. The van der Waals surface area contributed by atoms with Gasteiger partial charge in [-0.3, -0.25) is 13.9 Å². The van der Waals surface area contributed by atoms with Crippen molar-refractivity contribution in [3.63, 3.8) is 0 Å². The van der Waals surface area contributed by atoms with Gasteiger partial charge >= 0.3 is 0 Å². The smallest absolute Gasteiger partial charge is 0.264 e. The van der Waals surface area contributed by atoms with E-state index in [0.29, 0.717) is 27.7 Å². The third-order valence-electron chi connectivity index (χ3n) is 6.39. The average molecular weight is 577 g/mol. The zero-order chi connectivity index (χ0) is 28.0. The van der Waals surface area contributed by atoms with Crippen molar-refractivity contribution in [3.8, 4) is 0 Å². The van der Waals surface area contributed by atoms with Crippen molar-refractivity contribution in [1.29, 1.82) is 0 Å². The summed E-state index contributed by atoms with van der Waals surface area (Å²) in [4.78, 5) is 28.1. The van der Waals surface area contributed by atoms with Gasteiger partial charge in [-0.1, -0.05) is 54.4 Å². The molecule has 202 valence electrons. The number of benzene rings is 3. The molecule has 0 aliphatic rings. The SMILES string of the molecule is CC[C@H](C(=O)NC)N(Cc1ccccc1Cl)C(=O)CN(c1ccc(C)c(C)c1)S(=O)(=O)c1ccc(Cl)cc1. The molecule has 0 heterocycles. The summed E-state index contributed by atoms with van der Waals surface area (Å²) in [5, 5.41) is 3.43. The van der Waals surface area contributed by atoms with Gasteiger partial charge in [0.25, 0.3) is 10.0 Å². The van der Waals surface area contributed by atoms with E-state index in [-0.39, 0.29) is 17.3 Å². The summed E-state index contributed by atoms with van der Waals surface area (Å²) in [5.74, 6) is -0.901. The number of halogens is 2. The Morgan fingerprint density at radius 2 is 1.61 bits per heavy atom. The molecule has 3 rings (SSSR count). The van der Waals surface area contributed by atoms with Gasteiger partial charge in [0.15, 0.2) is 0 Å². The normalized spacial score (nSPS) is 12.1. The van der Waals surface area contributed by atoms with Crippen LogP contribution in [-0.2, 0) is 26.2 Å². The van der Waals surface area contributed by atoms with Gasteiger partial charge in [-0.15, -0.1) is 0 Å². The van der Waals surface area contributed by atoms with Crippen molar-refractivity contribution in [2.24, 2.45) is 0 Å². The van der Waals surface area contributed by atoms with E-state index in [9.17, 15) is 18.0 Å². The van der Waals surface area contributed by atoms with Crippen LogP contribution in [0.2, 0.25) is 10.0 Å². The van der Waals surface area contributed by atoms with E-state index in [1.54, 1.807) is 49.4 Å². The maximum atomic E-state index is 13.9. The third kappa shape index (κ3) is 6.67. The molecule has 38 heavy (non-hydrogen) atoms. The van der Waals surface area contributed by atoms with E-state index in [0.717, 1.165) is 15.4 Å². The molecule has 7 nitrogen and oxygen atoms in total. The maximum absolute atomic E-state index is 13.9. The lowest BCUT2D eigenvalue weighted by Crippen LogP contribution is -2.51. The van der Waals surface area contributed by atoms with Gasteiger partial charge in [0.1, 0.15) is 12.6 Å². The maximum Gasteiger partial charge on any atom is 0.264 e. The molecule has 0 saturated heterocycles. The Labute approximate surface area is 234 Å². The van der Waals surface area contributed by atoms with Crippen LogP contribution in [-0.4, -0.2) is 44.8 Å². The second-order valence-corrected chi connectivity index (χ2v) is 11.6. The molecule has 0 aliphatic carbocycles. The Balaban J connectivity index is 2.10. The Morgan fingerprint density at radius 3 is 2.18 bits per heavy atom. The first-order valence-electron chi connectivity index (χ1n) is 12.1. The fourth-order valence-electron chi connectivity index (χ4n) is 4.04. The van der Waals surface area contributed by atoms with Gasteiger partial charge in [0.2, 0.25) is 11.8 Å². The van der Waals surface area contributed by atoms with Crippen molar-refractivity contribution in [3.05, 3.63) is 93.5 Å². The number of sulfonamides is 1. The molecule has 0 aliphatic heterocycles. The number of carbonyl (C=O) groups excluding carboxylic acids is 2. The molecule has 0 fully saturated rings. The largest absolute Gasteiger partial charge is 0.357 e. The number of nitrogens with zero attached hydrogens (tertiary/aromatic N) is 2. The molecule has 1 atom stereocenters. The molecular weight excluding hydrogens is 545 g/mol. The van der Waals surface area contributed by atoms with Crippen LogP contribution in [0.4, 0.5) is 5.69 Å². The zero-order valence-electron chi connectivity index (χ0n) is 21.7. The van der Waals surface area contributed by atoms with Crippen LogP contribution < -0.4 is 9.62 Å².